The van der Waals surface area contributed by atoms with Crippen LogP contribution in [0.4, 0.5) is 0 Å². The number of benzene rings is 1. The summed E-state index contributed by atoms with van der Waals surface area (Å²) < 4.78 is 13.1. The quantitative estimate of drug-likeness (QED) is 0.682. The monoisotopic (exact) mass is 406 g/mol. The van der Waals surface area contributed by atoms with Gasteiger partial charge in [-0.2, -0.15) is 0 Å². The van der Waals surface area contributed by atoms with E-state index in [1.165, 1.54) is 0 Å². The summed E-state index contributed by atoms with van der Waals surface area (Å²) >= 11 is 6.34. The summed E-state index contributed by atoms with van der Waals surface area (Å²) in [6.45, 7) is 3.69. The molecule has 2 heterocycles. The van der Waals surface area contributed by atoms with E-state index in [-0.39, 0.29) is 12.0 Å². The first-order chi connectivity index (χ1) is 13.6. The van der Waals surface area contributed by atoms with Crippen molar-refractivity contribution in [3.05, 3.63) is 47.0 Å². The Morgan fingerprint density at radius 1 is 1.36 bits per heavy atom. The highest BCUT2D eigenvalue weighted by molar-refractivity contribution is 6.32. The largest absolute Gasteiger partial charge is 0.489 e. The molecule has 1 aliphatic rings. The zero-order valence-corrected chi connectivity index (χ0v) is 17.1. The molecule has 152 valence electrons. The lowest BCUT2D eigenvalue weighted by atomic mass is 10.1. The number of methoxy groups -OCH3 is 1. The molecule has 1 aromatic heterocycles. The first-order valence-electron chi connectivity index (χ1n) is 9.48. The van der Waals surface area contributed by atoms with Gasteiger partial charge in [-0.25, -0.2) is 4.98 Å². The molecule has 1 N–H and O–H groups in total. The number of hydrogen-bond acceptors (Lipinski definition) is 5. The number of rotatable bonds is 8. The van der Waals surface area contributed by atoms with E-state index in [1.807, 2.05) is 19.4 Å². The fourth-order valence-corrected chi connectivity index (χ4v) is 3.45. The van der Waals surface area contributed by atoms with Crippen molar-refractivity contribution in [2.24, 2.45) is 7.05 Å². The first kappa shape index (κ1) is 20.6. The second-order valence-corrected chi connectivity index (χ2v) is 7.35. The number of piperidine rings is 1. The Morgan fingerprint density at radius 2 is 2.14 bits per heavy atom. The predicted octanol–water partition coefficient (Wildman–Crippen LogP) is 2.49. The highest BCUT2D eigenvalue weighted by Crippen LogP contribution is 2.28. The normalized spacial score (nSPS) is 15.5. The molecule has 1 fully saturated rings. The van der Waals surface area contributed by atoms with Gasteiger partial charge in [0.15, 0.2) is 0 Å². The Labute approximate surface area is 170 Å². The van der Waals surface area contributed by atoms with Crippen LogP contribution in [-0.4, -0.2) is 59.8 Å². The SMILES string of the molecule is COCCNC(=O)c1ccc(OC2CCN(Cc3nccn3C)CC2)c(Cl)c1. The van der Waals surface area contributed by atoms with E-state index < -0.39 is 0 Å². The number of aromatic nitrogens is 2. The zero-order valence-electron chi connectivity index (χ0n) is 16.4. The summed E-state index contributed by atoms with van der Waals surface area (Å²) in [4.78, 5) is 18.9. The number of imidazole rings is 1. The smallest absolute Gasteiger partial charge is 0.251 e. The van der Waals surface area contributed by atoms with Gasteiger partial charge in [-0.1, -0.05) is 11.6 Å². The Hall–Kier alpha value is -2.09. The van der Waals surface area contributed by atoms with Gasteiger partial charge in [0.2, 0.25) is 0 Å². The summed E-state index contributed by atoms with van der Waals surface area (Å²) in [5.74, 6) is 1.52. The third-order valence-corrected chi connectivity index (χ3v) is 5.20. The molecule has 0 aliphatic carbocycles. The molecular weight excluding hydrogens is 380 g/mol. The van der Waals surface area contributed by atoms with Gasteiger partial charge in [-0.3, -0.25) is 9.69 Å². The molecule has 8 heteroatoms. The van der Waals surface area contributed by atoms with E-state index in [0.717, 1.165) is 38.3 Å². The Morgan fingerprint density at radius 3 is 2.79 bits per heavy atom. The van der Waals surface area contributed by atoms with Crippen LogP contribution in [0.3, 0.4) is 0 Å². The summed E-state index contributed by atoms with van der Waals surface area (Å²) in [6, 6.07) is 5.16. The number of nitrogens with zero attached hydrogens (tertiary/aromatic N) is 3. The topological polar surface area (TPSA) is 68.6 Å². The molecule has 28 heavy (non-hydrogen) atoms. The number of amides is 1. The molecule has 1 saturated heterocycles. The molecule has 0 unspecified atom stereocenters. The molecule has 1 aliphatic heterocycles. The maximum absolute atomic E-state index is 12.1. The lowest BCUT2D eigenvalue weighted by Gasteiger charge is -2.32. The van der Waals surface area contributed by atoms with Crippen LogP contribution in [0.2, 0.25) is 5.02 Å². The fraction of sp³-hybridized carbons (Fsp3) is 0.500. The molecule has 0 radical (unpaired) electrons. The second-order valence-electron chi connectivity index (χ2n) is 6.94. The minimum atomic E-state index is -0.173. The Kier molecular flexibility index (Phi) is 7.30. The summed E-state index contributed by atoms with van der Waals surface area (Å²) in [7, 11) is 3.61. The maximum Gasteiger partial charge on any atom is 0.251 e. The van der Waals surface area contributed by atoms with Gasteiger partial charge >= 0.3 is 0 Å². The maximum atomic E-state index is 12.1. The van der Waals surface area contributed by atoms with Gasteiger partial charge in [0.1, 0.15) is 17.7 Å². The number of carbonyl (C=O) groups excluding carboxylic acids is 1. The van der Waals surface area contributed by atoms with Gasteiger partial charge in [0, 0.05) is 51.7 Å². The van der Waals surface area contributed by atoms with Crippen LogP contribution in [0, 0.1) is 0 Å². The van der Waals surface area contributed by atoms with Crippen molar-refractivity contribution in [1.29, 1.82) is 0 Å². The van der Waals surface area contributed by atoms with Gasteiger partial charge in [-0.05, 0) is 31.0 Å². The Balaban J connectivity index is 1.49. The van der Waals surface area contributed by atoms with Crippen LogP contribution in [0.15, 0.2) is 30.6 Å². The number of nitrogens with one attached hydrogen (secondary N) is 1. The van der Waals surface area contributed by atoms with Gasteiger partial charge in [0.25, 0.3) is 5.91 Å². The molecule has 0 saturated carbocycles. The van der Waals surface area contributed by atoms with E-state index in [0.29, 0.717) is 29.5 Å². The molecule has 0 bridgehead atoms. The molecule has 7 nitrogen and oxygen atoms in total. The van der Waals surface area contributed by atoms with Gasteiger partial charge < -0.3 is 19.4 Å². The zero-order chi connectivity index (χ0) is 19.9. The molecule has 1 aromatic carbocycles. The van der Waals surface area contributed by atoms with Gasteiger partial charge in [-0.15, -0.1) is 0 Å². The summed E-state index contributed by atoms with van der Waals surface area (Å²) in [5.41, 5.74) is 0.512. The lowest BCUT2D eigenvalue weighted by Crippen LogP contribution is -2.38. The van der Waals surface area contributed by atoms with Crippen LogP contribution in [0.25, 0.3) is 0 Å². The third-order valence-electron chi connectivity index (χ3n) is 4.90. The van der Waals surface area contributed by atoms with Crippen molar-refractivity contribution in [3.63, 3.8) is 0 Å². The van der Waals surface area contributed by atoms with E-state index in [4.69, 9.17) is 21.1 Å². The van der Waals surface area contributed by atoms with Crippen molar-refractivity contribution in [3.8, 4) is 5.75 Å². The van der Waals surface area contributed by atoms with Crippen molar-refractivity contribution in [1.82, 2.24) is 19.8 Å². The van der Waals surface area contributed by atoms with E-state index in [1.54, 1.807) is 25.3 Å². The van der Waals surface area contributed by atoms with Crippen LogP contribution in [0.1, 0.15) is 29.0 Å². The highest BCUT2D eigenvalue weighted by atomic mass is 35.5. The molecular formula is C20H27ClN4O3. The average Bonchev–Trinajstić information content (AvgIpc) is 3.09. The number of halogens is 1. The predicted molar refractivity (Wildman–Crippen MR) is 108 cm³/mol. The van der Waals surface area contributed by atoms with E-state index in [9.17, 15) is 4.79 Å². The minimum absolute atomic E-state index is 0.122. The number of ether oxygens (including phenoxy) is 2. The summed E-state index contributed by atoms with van der Waals surface area (Å²) in [6.07, 6.45) is 5.78. The minimum Gasteiger partial charge on any atom is -0.489 e. The van der Waals surface area contributed by atoms with Crippen LogP contribution < -0.4 is 10.1 Å². The fourth-order valence-electron chi connectivity index (χ4n) is 3.22. The van der Waals surface area contributed by atoms with E-state index >= 15 is 0 Å². The third kappa shape index (κ3) is 5.47. The van der Waals surface area contributed by atoms with Crippen molar-refractivity contribution in [2.75, 3.05) is 33.4 Å². The standard InChI is InChI=1S/C20H27ClN4O3/c1-24-11-7-22-19(24)14-25-9-5-16(6-10-25)28-18-4-3-15(13-17(18)21)20(26)23-8-12-27-2/h3-4,7,11,13,16H,5-6,8-10,12,14H2,1-2H3,(H,23,26). The van der Waals surface area contributed by atoms with Crippen molar-refractivity contribution < 1.29 is 14.3 Å². The second kappa shape index (κ2) is 9.91. The van der Waals surface area contributed by atoms with Crippen molar-refractivity contribution >= 4 is 17.5 Å². The number of aryl methyl sites for hydroxylation is 1. The molecule has 1 amide bonds. The van der Waals surface area contributed by atoms with Crippen molar-refractivity contribution in [2.45, 2.75) is 25.5 Å². The number of carbonyl (C=O) groups is 1. The summed E-state index contributed by atoms with van der Waals surface area (Å²) in [5, 5.41) is 3.23. The lowest BCUT2D eigenvalue weighted by molar-refractivity contribution is 0.0933. The van der Waals surface area contributed by atoms with E-state index in [2.05, 4.69) is 19.8 Å². The molecule has 0 atom stereocenters. The number of hydrogen-bond donors (Lipinski definition) is 1. The Bertz CT molecular complexity index is 788. The van der Waals surface area contributed by atoms with Crippen LogP contribution in [-0.2, 0) is 18.3 Å². The number of likely N-dealkylation sites (tertiary alicyclic amines) is 1. The van der Waals surface area contributed by atoms with Crippen LogP contribution in [0.5, 0.6) is 5.75 Å². The average molecular weight is 407 g/mol. The van der Waals surface area contributed by atoms with Gasteiger partial charge in [0.05, 0.1) is 18.2 Å². The highest BCUT2D eigenvalue weighted by Gasteiger charge is 2.22. The first-order valence-corrected chi connectivity index (χ1v) is 9.86. The molecule has 0 spiro atoms. The van der Waals surface area contributed by atoms with Crippen LogP contribution >= 0.6 is 11.6 Å². The molecule has 3 rings (SSSR count). The molecule has 2 aromatic rings.